The molecular formula is C25H27N2O2+. The molecule has 0 aliphatic heterocycles. The molecule has 0 aliphatic rings. The molecule has 0 radical (unpaired) electrons. The predicted octanol–water partition coefficient (Wildman–Crippen LogP) is 3.88. The molecule has 0 saturated heterocycles. The van der Waals surface area contributed by atoms with E-state index in [0.717, 1.165) is 11.1 Å². The van der Waals surface area contributed by atoms with E-state index in [1.807, 2.05) is 25.1 Å². The first-order chi connectivity index (χ1) is 13.9. The highest BCUT2D eigenvalue weighted by atomic mass is 16.2. The largest absolute Gasteiger partial charge is 0.326 e. The van der Waals surface area contributed by atoms with E-state index in [-0.39, 0.29) is 23.8 Å². The van der Waals surface area contributed by atoms with Crippen molar-refractivity contribution in [1.29, 1.82) is 0 Å². The van der Waals surface area contributed by atoms with Crippen molar-refractivity contribution in [3.05, 3.63) is 101 Å². The first-order valence-electron chi connectivity index (χ1n) is 9.82. The molecule has 0 aromatic heterocycles. The molecule has 0 heterocycles. The summed E-state index contributed by atoms with van der Waals surface area (Å²) in [4.78, 5) is 24.2. The molecular weight excluding hydrogens is 360 g/mol. The van der Waals surface area contributed by atoms with Crippen LogP contribution < -0.4 is 10.6 Å². The van der Waals surface area contributed by atoms with Gasteiger partial charge in [-0.05, 0) is 45.0 Å². The quantitative estimate of drug-likeness (QED) is 0.605. The van der Waals surface area contributed by atoms with Crippen molar-refractivity contribution in [3.63, 3.8) is 0 Å². The minimum atomic E-state index is -0.297. The summed E-state index contributed by atoms with van der Waals surface area (Å²) in [7, 11) is 0. The summed E-state index contributed by atoms with van der Waals surface area (Å²) in [6, 6.07) is 25.4. The third-order valence-electron chi connectivity index (χ3n) is 5.05. The minimum absolute atomic E-state index is 0.00776. The Bertz CT molecular complexity index is 964. The van der Waals surface area contributed by atoms with Crippen LogP contribution in [-0.2, 0) is 4.79 Å². The Morgan fingerprint density at radius 2 is 1.41 bits per heavy atom. The molecule has 4 nitrogen and oxygen atoms in total. The van der Waals surface area contributed by atoms with Gasteiger partial charge in [-0.15, -0.1) is 0 Å². The van der Waals surface area contributed by atoms with Gasteiger partial charge in [0, 0.05) is 22.4 Å². The number of nitrogens with one attached hydrogen (secondary N) is 1. The molecule has 0 bridgehead atoms. The van der Waals surface area contributed by atoms with Gasteiger partial charge in [-0.2, -0.15) is 0 Å². The highest BCUT2D eigenvalue weighted by molar-refractivity contribution is 5.96. The van der Waals surface area contributed by atoms with Crippen LogP contribution in [0.1, 0.15) is 46.9 Å². The Hall–Kier alpha value is -3.24. The molecule has 3 aromatic rings. The predicted molar refractivity (Wildman–Crippen MR) is 116 cm³/mol. The lowest BCUT2D eigenvalue weighted by Crippen LogP contribution is -2.92. The van der Waals surface area contributed by atoms with E-state index in [1.54, 1.807) is 24.3 Å². The van der Waals surface area contributed by atoms with Crippen LogP contribution in [0.4, 0.5) is 5.69 Å². The number of amides is 1. The first kappa shape index (κ1) is 20.5. The number of rotatable bonds is 7. The van der Waals surface area contributed by atoms with Crippen LogP contribution in [0.3, 0.4) is 0 Å². The zero-order valence-electron chi connectivity index (χ0n) is 17.1. The summed E-state index contributed by atoms with van der Waals surface area (Å²) in [5, 5.41) is 5.03. The fourth-order valence-electron chi connectivity index (χ4n) is 3.27. The minimum Gasteiger partial charge on any atom is -0.326 e. The SMILES string of the molecule is CC(=O)c1ccc(NC(=O)[C@H](C)[NH2+][C@@H](c2ccccc2)c2ccc(C)cc2)cc1. The molecule has 0 spiro atoms. The summed E-state index contributed by atoms with van der Waals surface area (Å²) in [6.07, 6.45) is 0. The third-order valence-corrected chi connectivity index (χ3v) is 5.05. The second-order valence-corrected chi connectivity index (χ2v) is 7.40. The Labute approximate surface area is 172 Å². The van der Waals surface area contributed by atoms with Gasteiger partial charge in [-0.1, -0.05) is 60.2 Å². The Balaban J connectivity index is 1.75. The molecule has 148 valence electrons. The average Bonchev–Trinajstić information content (AvgIpc) is 2.73. The maximum absolute atomic E-state index is 12.8. The second kappa shape index (κ2) is 9.30. The lowest BCUT2D eigenvalue weighted by atomic mass is 9.97. The molecule has 3 aromatic carbocycles. The van der Waals surface area contributed by atoms with Crippen LogP contribution in [0.25, 0.3) is 0 Å². The van der Waals surface area contributed by atoms with Crippen molar-refractivity contribution in [3.8, 4) is 0 Å². The van der Waals surface area contributed by atoms with E-state index < -0.39 is 0 Å². The van der Waals surface area contributed by atoms with Gasteiger partial charge in [-0.25, -0.2) is 0 Å². The first-order valence-corrected chi connectivity index (χ1v) is 9.82. The Morgan fingerprint density at radius 1 is 0.828 bits per heavy atom. The van der Waals surface area contributed by atoms with E-state index >= 15 is 0 Å². The van der Waals surface area contributed by atoms with E-state index in [9.17, 15) is 9.59 Å². The Morgan fingerprint density at radius 3 is 2.00 bits per heavy atom. The number of aryl methyl sites for hydroxylation is 1. The lowest BCUT2D eigenvalue weighted by Gasteiger charge is -2.21. The number of nitrogens with two attached hydrogens (primary N) is 1. The molecule has 2 atom stereocenters. The van der Waals surface area contributed by atoms with Gasteiger partial charge in [-0.3, -0.25) is 9.59 Å². The summed E-state index contributed by atoms with van der Waals surface area (Å²) in [6.45, 7) is 5.50. The number of carbonyl (C=O) groups is 2. The van der Waals surface area contributed by atoms with E-state index in [4.69, 9.17) is 0 Å². The van der Waals surface area contributed by atoms with Gasteiger partial charge in [0.15, 0.2) is 11.8 Å². The smallest absolute Gasteiger partial charge is 0.282 e. The van der Waals surface area contributed by atoms with Crippen molar-refractivity contribution >= 4 is 17.4 Å². The molecule has 1 amide bonds. The van der Waals surface area contributed by atoms with Crippen molar-refractivity contribution in [2.24, 2.45) is 0 Å². The number of anilines is 1. The standard InChI is InChI=1S/C25H26N2O2/c1-17-9-11-22(12-10-17)24(21-7-5-4-6-8-21)26-18(2)25(29)27-23-15-13-20(14-16-23)19(3)28/h4-16,18,24,26H,1-3H3,(H,27,29)/p+1/t18-,24-/m0/s1. The monoisotopic (exact) mass is 387 g/mol. The topological polar surface area (TPSA) is 62.8 Å². The van der Waals surface area contributed by atoms with Crippen LogP contribution in [0.5, 0.6) is 0 Å². The number of benzene rings is 3. The van der Waals surface area contributed by atoms with Crippen molar-refractivity contribution in [1.82, 2.24) is 0 Å². The summed E-state index contributed by atoms with van der Waals surface area (Å²) in [5.41, 5.74) is 4.84. The normalized spacial score (nSPS) is 12.8. The van der Waals surface area contributed by atoms with Gasteiger partial charge >= 0.3 is 0 Å². The zero-order chi connectivity index (χ0) is 20.8. The number of hydrogen-bond donors (Lipinski definition) is 2. The van der Waals surface area contributed by atoms with Crippen molar-refractivity contribution in [2.75, 3.05) is 5.32 Å². The van der Waals surface area contributed by atoms with Gasteiger partial charge < -0.3 is 10.6 Å². The van der Waals surface area contributed by atoms with E-state index in [2.05, 4.69) is 54.0 Å². The van der Waals surface area contributed by atoms with Crippen molar-refractivity contribution < 1.29 is 14.9 Å². The molecule has 3 N–H and O–H groups in total. The van der Waals surface area contributed by atoms with Crippen LogP contribution in [0, 0.1) is 6.92 Å². The summed E-state index contributed by atoms with van der Waals surface area (Å²) < 4.78 is 0. The fourth-order valence-corrected chi connectivity index (χ4v) is 3.27. The number of hydrogen-bond acceptors (Lipinski definition) is 2. The van der Waals surface area contributed by atoms with E-state index in [1.165, 1.54) is 12.5 Å². The molecule has 0 aliphatic carbocycles. The lowest BCUT2D eigenvalue weighted by molar-refractivity contribution is -0.704. The summed E-state index contributed by atoms with van der Waals surface area (Å²) in [5.74, 6) is -0.0676. The number of carbonyl (C=O) groups excluding carboxylic acids is 2. The maximum atomic E-state index is 12.8. The molecule has 4 heteroatoms. The highest BCUT2D eigenvalue weighted by Crippen LogP contribution is 2.19. The van der Waals surface area contributed by atoms with Gasteiger partial charge in [0.1, 0.15) is 6.04 Å². The second-order valence-electron chi connectivity index (χ2n) is 7.40. The van der Waals surface area contributed by atoms with Gasteiger partial charge in [0.2, 0.25) is 0 Å². The van der Waals surface area contributed by atoms with Gasteiger partial charge in [0.05, 0.1) is 0 Å². The van der Waals surface area contributed by atoms with Gasteiger partial charge in [0.25, 0.3) is 5.91 Å². The number of Topliss-reactive ketones (excluding diaryl/α,β-unsaturated/α-hetero) is 1. The summed E-state index contributed by atoms with van der Waals surface area (Å²) >= 11 is 0. The zero-order valence-corrected chi connectivity index (χ0v) is 17.1. The number of ketones is 1. The molecule has 3 rings (SSSR count). The van der Waals surface area contributed by atoms with Crippen molar-refractivity contribution in [2.45, 2.75) is 32.9 Å². The average molecular weight is 388 g/mol. The van der Waals surface area contributed by atoms with Crippen LogP contribution in [0.2, 0.25) is 0 Å². The number of quaternary nitrogens is 1. The molecule has 0 unspecified atom stereocenters. The molecule has 0 saturated carbocycles. The van der Waals surface area contributed by atoms with Crippen LogP contribution in [0.15, 0.2) is 78.9 Å². The maximum Gasteiger partial charge on any atom is 0.282 e. The third kappa shape index (κ3) is 5.39. The fraction of sp³-hybridized carbons (Fsp3) is 0.200. The molecule has 0 fully saturated rings. The Kier molecular flexibility index (Phi) is 6.57. The van der Waals surface area contributed by atoms with Crippen LogP contribution in [-0.4, -0.2) is 17.7 Å². The van der Waals surface area contributed by atoms with Crippen LogP contribution >= 0.6 is 0 Å². The highest BCUT2D eigenvalue weighted by Gasteiger charge is 2.24. The molecule has 29 heavy (non-hydrogen) atoms. The van der Waals surface area contributed by atoms with E-state index in [0.29, 0.717) is 11.3 Å².